The SMILES string of the molecule is O=C(Nc1ccc(OCC(F)(F)F)nc1)c1ccc[nH]c1=S. The second kappa shape index (κ2) is 6.56. The average molecular weight is 329 g/mol. The van der Waals surface area contributed by atoms with E-state index in [-0.39, 0.29) is 16.1 Å². The molecule has 0 spiro atoms. The molecular formula is C13H10F3N3O2S. The molecule has 1 amide bonds. The number of aromatic amines is 1. The Kier molecular flexibility index (Phi) is 4.76. The lowest BCUT2D eigenvalue weighted by Gasteiger charge is -2.09. The molecule has 2 aromatic heterocycles. The summed E-state index contributed by atoms with van der Waals surface area (Å²) in [6, 6.07) is 5.78. The van der Waals surface area contributed by atoms with Crippen molar-refractivity contribution in [3.05, 3.63) is 46.9 Å². The molecule has 0 bridgehead atoms. The van der Waals surface area contributed by atoms with Crippen molar-refractivity contribution in [2.45, 2.75) is 6.18 Å². The fourth-order valence-corrected chi connectivity index (χ4v) is 1.72. The number of nitrogens with zero attached hydrogens (tertiary/aromatic N) is 1. The third-order valence-electron chi connectivity index (χ3n) is 2.44. The predicted octanol–water partition coefficient (Wildman–Crippen LogP) is 3.33. The molecule has 0 radical (unpaired) electrons. The highest BCUT2D eigenvalue weighted by Gasteiger charge is 2.28. The highest BCUT2D eigenvalue weighted by molar-refractivity contribution is 7.71. The van der Waals surface area contributed by atoms with Crippen LogP contribution in [0.5, 0.6) is 5.88 Å². The third-order valence-corrected chi connectivity index (χ3v) is 2.78. The maximum Gasteiger partial charge on any atom is 0.422 e. The summed E-state index contributed by atoms with van der Waals surface area (Å²) in [6.45, 7) is -1.43. The van der Waals surface area contributed by atoms with Crippen LogP contribution in [0.2, 0.25) is 0 Å². The zero-order valence-corrected chi connectivity index (χ0v) is 11.8. The molecule has 2 aromatic rings. The van der Waals surface area contributed by atoms with E-state index in [2.05, 4.69) is 20.0 Å². The Balaban J connectivity index is 2.01. The smallest absolute Gasteiger partial charge is 0.422 e. The molecule has 0 saturated heterocycles. The Morgan fingerprint density at radius 3 is 2.73 bits per heavy atom. The molecule has 5 nitrogen and oxygen atoms in total. The number of hydrogen-bond donors (Lipinski definition) is 2. The number of carbonyl (C=O) groups is 1. The van der Waals surface area contributed by atoms with Gasteiger partial charge >= 0.3 is 6.18 Å². The second-order valence-corrected chi connectivity index (χ2v) is 4.56. The number of alkyl halides is 3. The van der Waals surface area contributed by atoms with Crippen LogP contribution in [-0.4, -0.2) is 28.7 Å². The highest BCUT2D eigenvalue weighted by Crippen LogP contribution is 2.18. The van der Waals surface area contributed by atoms with Gasteiger partial charge in [-0.25, -0.2) is 4.98 Å². The molecule has 0 aromatic carbocycles. The van der Waals surface area contributed by atoms with E-state index in [0.29, 0.717) is 5.69 Å². The van der Waals surface area contributed by atoms with Gasteiger partial charge < -0.3 is 15.0 Å². The van der Waals surface area contributed by atoms with Crippen LogP contribution in [0.3, 0.4) is 0 Å². The van der Waals surface area contributed by atoms with Crippen molar-refractivity contribution in [3.63, 3.8) is 0 Å². The van der Waals surface area contributed by atoms with Crippen molar-refractivity contribution in [2.24, 2.45) is 0 Å². The Morgan fingerprint density at radius 2 is 2.14 bits per heavy atom. The van der Waals surface area contributed by atoms with Gasteiger partial charge in [-0.05, 0) is 18.2 Å². The summed E-state index contributed by atoms with van der Waals surface area (Å²) in [6.07, 6.45) is -1.65. The minimum absolute atomic E-state index is 0.188. The van der Waals surface area contributed by atoms with E-state index in [1.165, 1.54) is 18.3 Å². The van der Waals surface area contributed by atoms with Crippen LogP contribution in [0.15, 0.2) is 36.7 Å². The van der Waals surface area contributed by atoms with Gasteiger partial charge in [0.25, 0.3) is 5.91 Å². The van der Waals surface area contributed by atoms with Crippen molar-refractivity contribution < 1.29 is 22.7 Å². The van der Waals surface area contributed by atoms with E-state index in [9.17, 15) is 18.0 Å². The fourth-order valence-electron chi connectivity index (χ4n) is 1.49. The number of H-pyrrole nitrogens is 1. The first-order chi connectivity index (χ1) is 10.3. The van der Waals surface area contributed by atoms with Crippen LogP contribution in [-0.2, 0) is 0 Å². The zero-order valence-electron chi connectivity index (χ0n) is 11.0. The van der Waals surface area contributed by atoms with Crippen LogP contribution >= 0.6 is 12.2 Å². The number of anilines is 1. The fraction of sp³-hybridized carbons (Fsp3) is 0.154. The molecule has 0 aliphatic heterocycles. The van der Waals surface area contributed by atoms with Crippen LogP contribution in [0, 0.1) is 4.64 Å². The molecular weight excluding hydrogens is 319 g/mol. The minimum atomic E-state index is -4.43. The van der Waals surface area contributed by atoms with Crippen molar-refractivity contribution >= 4 is 23.8 Å². The van der Waals surface area contributed by atoms with Gasteiger partial charge in [0.1, 0.15) is 4.64 Å². The minimum Gasteiger partial charge on any atom is -0.468 e. The van der Waals surface area contributed by atoms with Crippen molar-refractivity contribution in [1.82, 2.24) is 9.97 Å². The van der Waals surface area contributed by atoms with Crippen molar-refractivity contribution in [1.29, 1.82) is 0 Å². The number of nitrogens with one attached hydrogen (secondary N) is 2. The molecule has 0 aliphatic carbocycles. The number of pyridine rings is 2. The van der Waals surface area contributed by atoms with Gasteiger partial charge in [-0.3, -0.25) is 4.79 Å². The van der Waals surface area contributed by atoms with E-state index in [1.54, 1.807) is 18.3 Å². The van der Waals surface area contributed by atoms with Crippen LogP contribution in [0.1, 0.15) is 10.4 Å². The average Bonchev–Trinajstić information content (AvgIpc) is 2.46. The zero-order chi connectivity index (χ0) is 16.2. The first-order valence-corrected chi connectivity index (χ1v) is 6.40. The number of ether oxygens (including phenoxy) is 1. The largest absolute Gasteiger partial charge is 0.468 e. The Bertz CT molecular complexity index is 713. The lowest BCUT2D eigenvalue weighted by molar-refractivity contribution is -0.154. The molecule has 22 heavy (non-hydrogen) atoms. The van der Waals surface area contributed by atoms with Crippen molar-refractivity contribution in [2.75, 3.05) is 11.9 Å². The Morgan fingerprint density at radius 1 is 1.36 bits per heavy atom. The Labute approximate surface area is 128 Å². The summed E-state index contributed by atoms with van der Waals surface area (Å²) in [5, 5.41) is 2.53. The topological polar surface area (TPSA) is 67.0 Å². The molecule has 0 unspecified atom stereocenters. The maximum absolute atomic E-state index is 12.0. The van der Waals surface area contributed by atoms with Gasteiger partial charge in [0.2, 0.25) is 5.88 Å². The summed E-state index contributed by atoms with van der Waals surface area (Å²) in [4.78, 5) is 18.4. The van der Waals surface area contributed by atoms with Gasteiger partial charge in [0, 0.05) is 12.3 Å². The number of hydrogen-bond acceptors (Lipinski definition) is 4. The van der Waals surface area contributed by atoms with E-state index in [1.807, 2.05) is 0 Å². The first kappa shape index (κ1) is 16.0. The predicted molar refractivity (Wildman–Crippen MR) is 75.4 cm³/mol. The lowest BCUT2D eigenvalue weighted by Crippen LogP contribution is -2.19. The highest BCUT2D eigenvalue weighted by atomic mass is 32.1. The van der Waals surface area contributed by atoms with Gasteiger partial charge in [-0.1, -0.05) is 12.2 Å². The second-order valence-electron chi connectivity index (χ2n) is 4.16. The first-order valence-electron chi connectivity index (χ1n) is 6.00. The number of halogens is 3. The molecule has 2 heterocycles. The van der Waals surface area contributed by atoms with Gasteiger partial charge in [0.15, 0.2) is 6.61 Å². The van der Waals surface area contributed by atoms with Crippen molar-refractivity contribution in [3.8, 4) is 5.88 Å². The molecule has 116 valence electrons. The molecule has 2 N–H and O–H groups in total. The summed E-state index contributed by atoms with van der Waals surface area (Å²) < 4.78 is 40.7. The molecule has 0 aliphatic rings. The normalized spacial score (nSPS) is 11.0. The van der Waals surface area contributed by atoms with Crippen LogP contribution < -0.4 is 10.1 Å². The number of carbonyl (C=O) groups excluding carboxylic acids is 1. The molecule has 0 fully saturated rings. The summed E-state index contributed by atoms with van der Waals surface area (Å²) in [5.41, 5.74) is 0.581. The van der Waals surface area contributed by atoms with E-state index in [0.717, 1.165) is 0 Å². The number of rotatable bonds is 4. The number of amides is 1. The quantitative estimate of drug-likeness (QED) is 0.845. The standard InChI is InChI=1S/C13H10F3N3O2S/c14-13(15,16)7-21-10-4-3-8(6-18-10)19-11(20)9-2-1-5-17-12(9)22/h1-6H,7H2,(H,17,22)(H,19,20). The summed E-state index contributed by atoms with van der Waals surface area (Å²) in [7, 11) is 0. The van der Waals surface area contributed by atoms with E-state index < -0.39 is 18.7 Å². The van der Waals surface area contributed by atoms with Gasteiger partial charge in [-0.15, -0.1) is 0 Å². The van der Waals surface area contributed by atoms with E-state index >= 15 is 0 Å². The lowest BCUT2D eigenvalue weighted by atomic mass is 10.2. The summed E-state index contributed by atoms with van der Waals surface area (Å²) in [5.74, 6) is -0.639. The Hall–Kier alpha value is -2.42. The monoisotopic (exact) mass is 329 g/mol. The molecule has 0 atom stereocenters. The third kappa shape index (κ3) is 4.55. The van der Waals surface area contributed by atoms with E-state index in [4.69, 9.17) is 12.2 Å². The molecule has 9 heteroatoms. The maximum atomic E-state index is 12.0. The number of aromatic nitrogens is 2. The van der Waals surface area contributed by atoms with Crippen LogP contribution in [0.25, 0.3) is 0 Å². The summed E-state index contributed by atoms with van der Waals surface area (Å²) >= 11 is 4.98. The van der Waals surface area contributed by atoms with Gasteiger partial charge in [-0.2, -0.15) is 13.2 Å². The molecule has 0 saturated carbocycles. The van der Waals surface area contributed by atoms with Gasteiger partial charge in [0.05, 0.1) is 17.4 Å². The molecule has 2 rings (SSSR count). The van der Waals surface area contributed by atoms with Crippen LogP contribution in [0.4, 0.5) is 18.9 Å².